The first-order chi connectivity index (χ1) is 17.9. The third-order valence-corrected chi connectivity index (χ3v) is 6.02. The number of hydrogen-bond donors (Lipinski definition) is 2. The van der Waals surface area contributed by atoms with Crippen molar-refractivity contribution in [2.45, 2.75) is 24.7 Å². The Kier molecular flexibility index (Phi) is 8.34. The quantitative estimate of drug-likeness (QED) is 0.294. The lowest BCUT2D eigenvalue weighted by Crippen LogP contribution is -2.31. The van der Waals surface area contributed by atoms with Crippen molar-refractivity contribution >= 4 is 23.5 Å². The number of allylic oxidation sites excluding steroid dienone is 2. The van der Waals surface area contributed by atoms with Crippen LogP contribution in [-0.2, 0) is 28.7 Å². The van der Waals surface area contributed by atoms with E-state index in [1.165, 1.54) is 0 Å². The molecule has 2 atom stereocenters. The van der Waals surface area contributed by atoms with Crippen LogP contribution in [0, 0.1) is 23.3 Å². The highest BCUT2D eigenvalue weighted by atomic mass is 19.2. The predicted octanol–water partition coefficient (Wildman–Crippen LogP) is 4.01. The lowest BCUT2D eigenvalue weighted by molar-refractivity contribution is -0.142. The Bertz CT molecular complexity index is 1290. The van der Waals surface area contributed by atoms with E-state index in [4.69, 9.17) is 0 Å². The standard InChI is InChI=1S/C26H20F4O8/c1-37-19(31)9-13(11-3-5-15(27)17(29)7-11)21-23(33)25(35)22(26(36)24(21)34)14(10-20(32)38-2)12-4-6-16(28)18(30)8-12/h3-8,13-14,33,36H,9-10H2,1-2H3/t13-,14-/m0/s1. The smallest absolute Gasteiger partial charge is 0.306 e. The van der Waals surface area contributed by atoms with E-state index in [-0.39, 0.29) is 11.1 Å². The number of ketones is 2. The fourth-order valence-corrected chi connectivity index (χ4v) is 4.09. The summed E-state index contributed by atoms with van der Waals surface area (Å²) in [5.41, 5.74) is -2.07. The number of rotatable bonds is 8. The van der Waals surface area contributed by atoms with E-state index in [0.717, 1.165) is 26.4 Å². The molecule has 0 saturated carbocycles. The average molecular weight is 536 g/mol. The Morgan fingerprint density at radius 3 is 1.32 bits per heavy atom. The van der Waals surface area contributed by atoms with E-state index in [2.05, 4.69) is 9.47 Å². The molecule has 0 fully saturated rings. The molecule has 8 nitrogen and oxygen atoms in total. The SMILES string of the molecule is COC(=O)C[C@H](C1=C(O)C(=O)C([C@@H](CC(=O)OC)c2ccc(F)c(F)c2)=C(O)C1=O)c1ccc(F)c(F)c1. The number of Topliss-reactive ketones (excluding diaryl/α,β-unsaturated/α-hetero) is 2. The largest absolute Gasteiger partial charge is 0.504 e. The van der Waals surface area contributed by atoms with Gasteiger partial charge in [0.05, 0.1) is 38.2 Å². The second-order valence-corrected chi connectivity index (χ2v) is 8.20. The minimum Gasteiger partial charge on any atom is -0.504 e. The number of carbonyl (C=O) groups is 4. The monoisotopic (exact) mass is 536 g/mol. The highest BCUT2D eigenvalue weighted by Gasteiger charge is 2.43. The Morgan fingerprint density at radius 2 is 1.03 bits per heavy atom. The number of carbonyl (C=O) groups excluding carboxylic acids is 4. The van der Waals surface area contributed by atoms with Gasteiger partial charge in [0.2, 0.25) is 11.6 Å². The minimum absolute atomic E-state index is 0.208. The van der Waals surface area contributed by atoms with Crippen LogP contribution in [-0.4, -0.2) is 47.9 Å². The summed E-state index contributed by atoms with van der Waals surface area (Å²) in [7, 11) is 2.00. The summed E-state index contributed by atoms with van der Waals surface area (Å²) in [6, 6.07) is 4.66. The van der Waals surface area contributed by atoms with Crippen LogP contribution >= 0.6 is 0 Å². The second kappa shape index (κ2) is 11.3. The Morgan fingerprint density at radius 1 is 0.684 bits per heavy atom. The number of methoxy groups -OCH3 is 2. The first kappa shape index (κ1) is 28.1. The second-order valence-electron chi connectivity index (χ2n) is 8.20. The maximum Gasteiger partial charge on any atom is 0.306 e. The van der Waals surface area contributed by atoms with Crippen molar-refractivity contribution in [1.82, 2.24) is 0 Å². The maximum absolute atomic E-state index is 14.0. The summed E-state index contributed by atoms with van der Waals surface area (Å²) in [6.07, 6.45) is -1.45. The topological polar surface area (TPSA) is 127 Å². The molecule has 0 radical (unpaired) electrons. The van der Waals surface area contributed by atoms with E-state index < -0.39 is 94.1 Å². The number of halogens is 4. The summed E-state index contributed by atoms with van der Waals surface area (Å²) in [6.45, 7) is 0. The van der Waals surface area contributed by atoms with Crippen molar-refractivity contribution in [2.24, 2.45) is 0 Å². The molecule has 2 aromatic rings. The molecular formula is C26H20F4O8. The Balaban J connectivity index is 2.18. The molecule has 1 aliphatic rings. The van der Waals surface area contributed by atoms with Crippen molar-refractivity contribution in [2.75, 3.05) is 14.2 Å². The van der Waals surface area contributed by atoms with Gasteiger partial charge in [-0.15, -0.1) is 0 Å². The van der Waals surface area contributed by atoms with Gasteiger partial charge in [-0.05, 0) is 35.4 Å². The molecular weight excluding hydrogens is 516 g/mol. The van der Waals surface area contributed by atoms with Gasteiger partial charge >= 0.3 is 11.9 Å². The summed E-state index contributed by atoms with van der Waals surface area (Å²) >= 11 is 0. The number of hydrogen-bond acceptors (Lipinski definition) is 8. The van der Waals surface area contributed by atoms with Gasteiger partial charge in [0, 0.05) is 11.8 Å². The number of esters is 2. The van der Waals surface area contributed by atoms with Gasteiger partial charge in [-0.1, -0.05) is 12.1 Å². The first-order valence-electron chi connectivity index (χ1n) is 10.9. The highest BCUT2D eigenvalue weighted by molar-refractivity contribution is 6.24. The molecule has 0 unspecified atom stereocenters. The molecule has 0 bridgehead atoms. The molecule has 200 valence electrons. The van der Waals surface area contributed by atoms with Crippen LogP contribution in [0.15, 0.2) is 59.1 Å². The number of aliphatic hydroxyl groups excluding tert-OH is 2. The van der Waals surface area contributed by atoms with Crippen molar-refractivity contribution in [3.05, 3.63) is 93.5 Å². The van der Waals surface area contributed by atoms with Crippen LogP contribution in [0.5, 0.6) is 0 Å². The van der Waals surface area contributed by atoms with Crippen molar-refractivity contribution in [1.29, 1.82) is 0 Å². The van der Waals surface area contributed by atoms with E-state index in [1.807, 2.05) is 0 Å². The molecule has 3 rings (SSSR count). The van der Waals surface area contributed by atoms with E-state index in [9.17, 15) is 47.0 Å². The van der Waals surface area contributed by atoms with Gasteiger partial charge in [0.25, 0.3) is 0 Å². The van der Waals surface area contributed by atoms with Crippen molar-refractivity contribution in [3.63, 3.8) is 0 Å². The summed E-state index contributed by atoms with van der Waals surface area (Å²) in [5, 5.41) is 21.6. The summed E-state index contributed by atoms with van der Waals surface area (Å²) in [4.78, 5) is 50.7. The zero-order valence-corrected chi connectivity index (χ0v) is 19.9. The van der Waals surface area contributed by atoms with Gasteiger partial charge in [0.1, 0.15) is 0 Å². The molecule has 38 heavy (non-hydrogen) atoms. The Hall–Kier alpha value is -4.48. The molecule has 0 aromatic heterocycles. The van der Waals surface area contributed by atoms with E-state index >= 15 is 0 Å². The van der Waals surface area contributed by atoms with Crippen molar-refractivity contribution < 1.29 is 56.4 Å². The van der Waals surface area contributed by atoms with Gasteiger partial charge in [0.15, 0.2) is 34.8 Å². The molecule has 0 spiro atoms. The van der Waals surface area contributed by atoms with E-state index in [1.54, 1.807) is 0 Å². The predicted molar refractivity (Wildman–Crippen MR) is 121 cm³/mol. The zero-order chi connectivity index (χ0) is 28.3. The van der Waals surface area contributed by atoms with Crippen LogP contribution in [0.4, 0.5) is 17.6 Å². The highest BCUT2D eigenvalue weighted by Crippen LogP contribution is 2.41. The van der Waals surface area contributed by atoms with Gasteiger partial charge < -0.3 is 19.7 Å². The van der Waals surface area contributed by atoms with Crippen LogP contribution in [0.1, 0.15) is 35.8 Å². The fraction of sp³-hybridized carbons (Fsp3) is 0.231. The van der Waals surface area contributed by atoms with Crippen LogP contribution in [0.25, 0.3) is 0 Å². The van der Waals surface area contributed by atoms with Crippen molar-refractivity contribution in [3.8, 4) is 0 Å². The average Bonchev–Trinajstić information content (AvgIpc) is 2.89. The molecule has 0 heterocycles. The van der Waals surface area contributed by atoms with Gasteiger partial charge in [-0.2, -0.15) is 0 Å². The molecule has 0 aliphatic heterocycles. The van der Waals surface area contributed by atoms with E-state index in [0.29, 0.717) is 24.3 Å². The third kappa shape index (κ3) is 5.43. The summed E-state index contributed by atoms with van der Waals surface area (Å²) < 4.78 is 64.1. The third-order valence-electron chi connectivity index (χ3n) is 6.02. The van der Waals surface area contributed by atoms with Gasteiger partial charge in [-0.25, -0.2) is 17.6 Å². The fourth-order valence-electron chi connectivity index (χ4n) is 4.09. The van der Waals surface area contributed by atoms with Crippen LogP contribution in [0.3, 0.4) is 0 Å². The van der Waals surface area contributed by atoms with Crippen LogP contribution in [0.2, 0.25) is 0 Å². The Labute approximate surface area is 212 Å². The maximum atomic E-state index is 14.0. The molecule has 0 amide bonds. The first-order valence-corrected chi connectivity index (χ1v) is 10.9. The number of aliphatic hydroxyl groups is 2. The molecule has 0 saturated heterocycles. The lowest BCUT2D eigenvalue weighted by Gasteiger charge is -2.27. The van der Waals surface area contributed by atoms with Crippen LogP contribution < -0.4 is 0 Å². The number of benzene rings is 2. The normalized spacial score (nSPS) is 15.4. The molecule has 2 N–H and O–H groups in total. The summed E-state index contributed by atoms with van der Waals surface area (Å²) in [5.74, 6) is -15.6. The van der Waals surface area contributed by atoms with Gasteiger partial charge in [-0.3, -0.25) is 19.2 Å². The molecule has 12 heteroatoms. The minimum atomic E-state index is -1.57. The number of ether oxygens (including phenoxy) is 2. The zero-order valence-electron chi connectivity index (χ0n) is 19.9. The molecule has 2 aromatic carbocycles. The lowest BCUT2D eigenvalue weighted by atomic mass is 9.76. The molecule has 1 aliphatic carbocycles.